The van der Waals surface area contributed by atoms with Gasteiger partial charge in [-0.2, -0.15) is 0 Å². The minimum Gasteiger partial charge on any atom is -0.358 e. The number of aromatic nitrogens is 1. The number of rotatable bonds is 9. The van der Waals surface area contributed by atoms with E-state index in [0.29, 0.717) is 18.6 Å². The number of nitrogens with one attached hydrogen (secondary N) is 1. The first-order valence-electron chi connectivity index (χ1n) is 10.5. The summed E-state index contributed by atoms with van der Waals surface area (Å²) in [6, 6.07) is 11.7. The van der Waals surface area contributed by atoms with Crippen molar-refractivity contribution in [2.45, 2.75) is 65.2 Å². The lowest BCUT2D eigenvalue weighted by Crippen LogP contribution is -2.02. The van der Waals surface area contributed by atoms with Gasteiger partial charge in [0.2, 0.25) is 0 Å². The first-order valence-corrected chi connectivity index (χ1v) is 10.9. The molecule has 0 aliphatic heterocycles. The third-order valence-corrected chi connectivity index (χ3v) is 6.05. The maximum atomic E-state index is 14.0. The quantitative estimate of drug-likeness (QED) is 0.390. The molecule has 3 aromatic rings. The zero-order chi connectivity index (χ0) is 21.0. The van der Waals surface area contributed by atoms with Crippen molar-refractivity contribution in [1.29, 1.82) is 0 Å². The zero-order valence-corrected chi connectivity index (χ0v) is 18.2. The summed E-state index contributed by atoms with van der Waals surface area (Å²) in [5, 5.41) is 1.18. The molecule has 0 aliphatic carbocycles. The van der Waals surface area contributed by atoms with Crippen LogP contribution < -0.4 is 0 Å². The number of halogens is 2. The number of aromatic amines is 1. The monoisotopic (exact) mass is 413 g/mol. The maximum absolute atomic E-state index is 14.0. The van der Waals surface area contributed by atoms with Crippen LogP contribution in [0.4, 0.5) is 4.39 Å². The predicted octanol–water partition coefficient (Wildman–Crippen LogP) is 7.37. The fraction of sp³-hybridized carbons (Fsp3) is 0.400. The van der Waals surface area contributed by atoms with E-state index in [2.05, 4.69) is 43.1 Å². The largest absolute Gasteiger partial charge is 0.358 e. The molecule has 0 fully saturated rings. The summed E-state index contributed by atoms with van der Waals surface area (Å²) in [5.74, 6) is 0.0574. The van der Waals surface area contributed by atoms with Crippen LogP contribution in [0, 0.1) is 5.82 Å². The molecule has 1 N–H and O–H groups in total. The molecule has 0 aliphatic rings. The van der Waals surface area contributed by atoms with E-state index in [1.807, 2.05) is 6.92 Å². The molecule has 2 aromatic carbocycles. The summed E-state index contributed by atoms with van der Waals surface area (Å²) in [7, 11) is 0. The molecule has 1 aromatic heterocycles. The van der Waals surface area contributed by atoms with Crippen molar-refractivity contribution in [2.24, 2.45) is 0 Å². The second-order valence-electron chi connectivity index (χ2n) is 7.79. The molecule has 0 bridgehead atoms. The van der Waals surface area contributed by atoms with Crippen molar-refractivity contribution >= 4 is 28.3 Å². The minimum absolute atomic E-state index is 0.155. The van der Waals surface area contributed by atoms with Gasteiger partial charge < -0.3 is 4.98 Å². The first-order chi connectivity index (χ1) is 13.9. The van der Waals surface area contributed by atoms with E-state index in [4.69, 9.17) is 11.6 Å². The van der Waals surface area contributed by atoms with Crippen LogP contribution in [0.15, 0.2) is 36.4 Å². The summed E-state index contributed by atoms with van der Waals surface area (Å²) in [5.41, 5.74) is 5.54. The number of hydrogen-bond acceptors (Lipinski definition) is 1. The first kappa shape index (κ1) is 21.6. The van der Waals surface area contributed by atoms with E-state index < -0.39 is 5.82 Å². The van der Waals surface area contributed by atoms with Gasteiger partial charge in [-0.05, 0) is 48.1 Å². The number of fused-ring (bicyclic) bond motifs is 1. The Kier molecular flexibility index (Phi) is 7.13. The van der Waals surface area contributed by atoms with Gasteiger partial charge in [-0.1, -0.05) is 63.1 Å². The van der Waals surface area contributed by atoms with E-state index in [1.54, 1.807) is 6.07 Å². The maximum Gasteiger partial charge on any atom is 0.143 e. The lowest BCUT2D eigenvalue weighted by atomic mass is 9.91. The van der Waals surface area contributed by atoms with Crippen LogP contribution in [0.3, 0.4) is 0 Å². The topological polar surface area (TPSA) is 32.9 Å². The Hall–Kier alpha value is -2.13. The standard InChI is InChI=1S/C25H29ClFNO/c1-4-6-7-20-21-14-22(26)23(27)15-24(21)28-25(20)16(3)18-11-8-17(9-12-18)10-13-19(29)5-2/h8-9,11-12,14-16,28H,4-7,10,13H2,1-3H3. The Morgan fingerprint density at radius 1 is 1.14 bits per heavy atom. The summed E-state index contributed by atoms with van der Waals surface area (Å²) in [6.45, 7) is 6.25. The fourth-order valence-corrected chi connectivity index (χ4v) is 4.02. The summed E-state index contributed by atoms with van der Waals surface area (Å²) < 4.78 is 14.0. The van der Waals surface area contributed by atoms with E-state index in [0.717, 1.165) is 42.3 Å². The normalized spacial score (nSPS) is 12.4. The highest BCUT2D eigenvalue weighted by molar-refractivity contribution is 6.31. The number of unbranched alkanes of at least 4 members (excludes halogenated alkanes) is 1. The lowest BCUT2D eigenvalue weighted by molar-refractivity contribution is -0.118. The highest BCUT2D eigenvalue weighted by atomic mass is 35.5. The number of aryl methyl sites for hydroxylation is 2. The van der Waals surface area contributed by atoms with Gasteiger partial charge in [0.25, 0.3) is 0 Å². The van der Waals surface area contributed by atoms with Crippen molar-refractivity contribution in [2.75, 3.05) is 0 Å². The molecular formula is C25H29ClFNO. The molecule has 0 amide bonds. The van der Waals surface area contributed by atoms with Gasteiger partial charge in [-0.3, -0.25) is 4.79 Å². The third kappa shape index (κ3) is 4.90. The van der Waals surface area contributed by atoms with Gasteiger partial charge in [0.15, 0.2) is 0 Å². The molecule has 1 atom stereocenters. The van der Waals surface area contributed by atoms with Crippen LogP contribution in [0.25, 0.3) is 10.9 Å². The van der Waals surface area contributed by atoms with Crippen LogP contribution in [0.2, 0.25) is 5.02 Å². The van der Waals surface area contributed by atoms with E-state index >= 15 is 0 Å². The Balaban J connectivity index is 1.91. The molecule has 1 heterocycles. The zero-order valence-electron chi connectivity index (χ0n) is 17.4. The third-order valence-electron chi connectivity index (χ3n) is 5.76. The minimum atomic E-state index is -0.396. The van der Waals surface area contributed by atoms with E-state index in [1.165, 1.54) is 22.8 Å². The highest BCUT2D eigenvalue weighted by Crippen LogP contribution is 2.35. The molecule has 0 saturated carbocycles. The van der Waals surface area contributed by atoms with Crippen molar-refractivity contribution in [3.8, 4) is 0 Å². The highest BCUT2D eigenvalue weighted by Gasteiger charge is 2.19. The number of H-pyrrole nitrogens is 1. The number of carbonyl (C=O) groups is 1. The van der Waals surface area contributed by atoms with Crippen molar-refractivity contribution in [1.82, 2.24) is 4.98 Å². The van der Waals surface area contributed by atoms with Crippen LogP contribution >= 0.6 is 11.6 Å². The molecule has 4 heteroatoms. The van der Waals surface area contributed by atoms with Crippen LogP contribution in [-0.4, -0.2) is 10.8 Å². The molecule has 0 spiro atoms. The average molecular weight is 414 g/mol. The molecule has 1 unspecified atom stereocenters. The van der Waals surface area contributed by atoms with Gasteiger partial charge in [-0.15, -0.1) is 0 Å². The molecule has 3 rings (SSSR count). The van der Waals surface area contributed by atoms with Gasteiger partial charge in [-0.25, -0.2) is 4.39 Å². The van der Waals surface area contributed by atoms with E-state index in [9.17, 15) is 9.18 Å². The predicted molar refractivity (Wildman–Crippen MR) is 119 cm³/mol. The Morgan fingerprint density at radius 2 is 1.86 bits per heavy atom. The lowest BCUT2D eigenvalue weighted by Gasteiger charge is -2.14. The van der Waals surface area contributed by atoms with Crippen LogP contribution in [-0.2, 0) is 17.6 Å². The van der Waals surface area contributed by atoms with Gasteiger partial charge in [0, 0.05) is 35.4 Å². The van der Waals surface area contributed by atoms with Gasteiger partial charge >= 0.3 is 0 Å². The molecular weight excluding hydrogens is 385 g/mol. The average Bonchev–Trinajstić information content (AvgIpc) is 3.07. The molecule has 29 heavy (non-hydrogen) atoms. The SMILES string of the molecule is CCCCc1c(C(C)c2ccc(CCC(=O)CC)cc2)[nH]c2cc(F)c(Cl)cc12. The van der Waals surface area contributed by atoms with Crippen molar-refractivity contribution in [3.63, 3.8) is 0 Å². The number of ketones is 1. The Morgan fingerprint density at radius 3 is 2.52 bits per heavy atom. The molecule has 2 nitrogen and oxygen atoms in total. The smallest absolute Gasteiger partial charge is 0.143 e. The van der Waals surface area contributed by atoms with E-state index in [-0.39, 0.29) is 10.9 Å². The second-order valence-corrected chi connectivity index (χ2v) is 8.20. The Bertz CT molecular complexity index is 990. The van der Waals surface area contributed by atoms with Crippen LogP contribution in [0.1, 0.15) is 74.8 Å². The molecule has 0 radical (unpaired) electrons. The van der Waals surface area contributed by atoms with Crippen molar-refractivity contribution < 1.29 is 9.18 Å². The number of hydrogen-bond donors (Lipinski definition) is 1. The summed E-state index contributed by atoms with van der Waals surface area (Å²) >= 11 is 6.07. The molecule has 154 valence electrons. The van der Waals surface area contributed by atoms with Gasteiger partial charge in [0.1, 0.15) is 11.6 Å². The van der Waals surface area contributed by atoms with Gasteiger partial charge in [0.05, 0.1) is 5.02 Å². The summed E-state index contributed by atoms with van der Waals surface area (Å²) in [4.78, 5) is 15.0. The number of benzene rings is 2. The fourth-order valence-electron chi connectivity index (χ4n) is 3.86. The second kappa shape index (κ2) is 9.58. The molecule has 0 saturated heterocycles. The van der Waals surface area contributed by atoms with Crippen molar-refractivity contribution in [3.05, 3.63) is 69.6 Å². The Labute approximate surface area is 177 Å². The number of Topliss-reactive ketones (excluding diaryl/α,β-unsaturated/α-hetero) is 1. The number of carbonyl (C=O) groups excluding carboxylic acids is 1. The summed E-state index contributed by atoms with van der Waals surface area (Å²) in [6.07, 6.45) is 5.09. The van der Waals surface area contributed by atoms with Crippen LogP contribution in [0.5, 0.6) is 0 Å².